The predicted octanol–water partition coefficient (Wildman–Crippen LogP) is 4.57. The van der Waals surface area contributed by atoms with Crippen LogP contribution in [0.5, 0.6) is 46.0 Å². The van der Waals surface area contributed by atoms with Gasteiger partial charge in [0.2, 0.25) is 65.2 Å². The molecule has 115 heavy (non-hydrogen) atoms. The average molecular weight is 1640 g/mol. The highest BCUT2D eigenvalue weighted by Crippen LogP contribution is 2.55. The summed E-state index contributed by atoms with van der Waals surface area (Å²) >= 11 is 14.3. The Labute approximate surface area is 671 Å². The predicted molar refractivity (Wildman–Crippen MR) is 412 cm³/mol. The lowest BCUT2D eigenvalue weighted by Gasteiger charge is -2.54. The van der Waals surface area contributed by atoms with Gasteiger partial charge >= 0.3 is 6.03 Å². The third kappa shape index (κ3) is 19.2. The quantitative estimate of drug-likeness (QED) is 0.0474. The van der Waals surface area contributed by atoms with E-state index in [-0.39, 0.29) is 86.7 Å². The first-order valence-corrected chi connectivity index (χ1v) is 39.5. The summed E-state index contributed by atoms with van der Waals surface area (Å²) in [6, 6.07) is -0.870. The molecule has 5 aromatic carbocycles. The number of phenols is 3. The Morgan fingerprint density at radius 3 is 1.84 bits per heavy atom. The third-order valence-corrected chi connectivity index (χ3v) is 23.0. The number of aromatic hydroxyl groups is 3. The van der Waals surface area contributed by atoms with Gasteiger partial charge in [0.05, 0.1) is 22.5 Å². The smallest absolute Gasteiger partial charge is 0.321 e. The van der Waals surface area contributed by atoms with Crippen LogP contribution in [-0.4, -0.2) is 181 Å². The van der Waals surface area contributed by atoms with E-state index in [1.54, 1.807) is 0 Å². The van der Waals surface area contributed by atoms with Crippen LogP contribution >= 0.6 is 23.2 Å². The Bertz CT molecular complexity index is 4530. The molecule has 6 heterocycles. The highest BCUT2D eigenvalue weighted by molar-refractivity contribution is 6.32. The van der Waals surface area contributed by atoms with Gasteiger partial charge in [-0.05, 0) is 164 Å². The first-order valence-electron chi connectivity index (χ1n) is 38.7. The Hall–Kier alpha value is -10.1. The number of aliphatic hydroxyl groups is 5. The lowest BCUT2D eigenvalue weighted by atomic mass is 9.54. The van der Waals surface area contributed by atoms with Gasteiger partial charge in [-0.25, -0.2) is 4.79 Å². The first-order chi connectivity index (χ1) is 54.8. The van der Waals surface area contributed by atoms with E-state index < -0.39 is 202 Å². The SMILES string of the molecule is CCCCCCCCNC(=O)NC(=O)CC1NC(=O)C(NC(=O)C(CC(C)C)NC)C(O)c2ccc(c(Cl)c2)Oc2cc3cc(c2OC2OC(CNC(C)=O)C(O)C(O)C2O)Oc2ccc(cc2Cl)C(O)C2NC(=O)C(NC(=O)C3NC1=O)c1ccc(O)c(c1)-c1c(O)cc(O)cc1C(C(=O)NC1C3CC4CC(C3)CC1C4)NC2=O. The molecule has 0 aromatic heterocycles. The molecule has 4 aliphatic carbocycles. The van der Waals surface area contributed by atoms with Gasteiger partial charge in [0.1, 0.15) is 102 Å². The number of aliphatic hydroxyl groups excluding tert-OH is 5. The summed E-state index contributed by atoms with van der Waals surface area (Å²) in [5.74, 6) is -13.9. The van der Waals surface area contributed by atoms with Crippen molar-refractivity contribution in [1.29, 1.82) is 0 Å². The molecule has 5 fully saturated rings. The topological polar surface area (TPSA) is 502 Å². The largest absolute Gasteiger partial charge is 0.508 e. The zero-order valence-corrected chi connectivity index (χ0v) is 65.2. The fourth-order valence-electron chi connectivity index (χ4n) is 16.7. The number of urea groups is 1. The van der Waals surface area contributed by atoms with Crippen LogP contribution in [0.2, 0.25) is 10.0 Å². The maximum absolute atomic E-state index is 16.4. The van der Waals surface area contributed by atoms with Gasteiger partial charge in [-0.2, -0.15) is 0 Å². The number of ether oxygens (including phenoxy) is 4. The van der Waals surface area contributed by atoms with Crippen molar-refractivity contribution >= 4 is 82.4 Å². The Morgan fingerprint density at radius 1 is 0.609 bits per heavy atom. The first kappa shape index (κ1) is 84.3. The van der Waals surface area contributed by atoms with Gasteiger partial charge in [-0.3, -0.25) is 48.5 Å². The van der Waals surface area contributed by atoms with E-state index in [9.17, 15) is 60.0 Å². The van der Waals surface area contributed by atoms with E-state index in [1.807, 2.05) is 13.8 Å². The molecule has 4 saturated carbocycles. The number of carbonyl (C=O) groups is 10. The second-order valence-corrected chi connectivity index (χ2v) is 32.0. The van der Waals surface area contributed by atoms with Gasteiger partial charge in [-0.1, -0.05) is 94.3 Å². The van der Waals surface area contributed by atoms with E-state index in [0.717, 1.165) is 126 Å². The van der Waals surface area contributed by atoms with Crippen molar-refractivity contribution in [3.8, 4) is 57.1 Å². The molecule has 10 aliphatic rings. The van der Waals surface area contributed by atoms with Crippen molar-refractivity contribution in [2.45, 2.75) is 202 Å². The molecule has 0 radical (unpaired) electrons. The van der Waals surface area contributed by atoms with Crippen LogP contribution in [0, 0.1) is 29.6 Å². The second kappa shape index (κ2) is 36.4. The van der Waals surface area contributed by atoms with Crippen molar-refractivity contribution < 1.29 is 108 Å². The number of halogens is 2. The van der Waals surface area contributed by atoms with Crippen molar-refractivity contribution in [3.05, 3.63) is 117 Å². The summed E-state index contributed by atoms with van der Waals surface area (Å²) in [6.45, 7) is 6.53. The van der Waals surface area contributed by atoms with Gasteiger partial charge in [0.15, 0.2) is 11.5 Å². The van der Waals surface area contributed by atoms with Crippen molar-refractivity contribution in [1.82, 2.24) is 58.5 Å². The highest BCUT2D eigenvalue weighted by atomic mass is 35.5. The summed E-state index contributed by atoms with van der Waals surface area (Å²) in [5.41, 5.74) is -2.15. The molecular formula is C80H97Cl2N11O22. The molecule has 14 atom stereocenters. The Kier molecular flexibility index (Phi) is 26.7. The number of nitrogens with one attached hydrogen (secondary N) is 11. The monoisotopic (exact) mass is 1630 g/mol. The number of likely N-dealkylation sites (N-methyl/N-ethyl adjacent to an activating group) is 1. The molecular weight excluding hydrogens is 1540 g/mol. The lowest BCUT2D eigenvalue weighted by Crippen LogP contribution is -2.61. The summed E-state index contributed by atoms with van der Waals surface area (Å²) in [6.07, 6.45) is -5.39. The number of hydrogen-bond acceptors (Lipinski definition) is 23. The van der Waals surface area contributed by atoms with E-state index in [4.69, 9.17) is 42.1 Å². The fraction of sp³-hybridized carbons (Fsp3) is 0.500. The van der Waals surface area contributed by atoms with E-state index in [0.29, 0.717) is 18.3 Å². The minimum absolute atomic E-state index is 0.0693. The number of hydrogen-bond donors (Lipinski definition) is 19. The highest BCUT2D eigenvalue weighted by Gasteiger charge is 2.51. The number of carbonyl (C=O) groups excluding carboxylic acids is 10. The molecule has 0 spiro atoms. The third-order valence-electron chi connectivity index (χ3n) is 22.4. The summed E-state index contributed by atoms with van der Waals surface area (Å²) in [4.78, 5) is 149. The number of imide groups is 1. The van der Waals surface area contributed by atoms with E-state index in [2.05, 4.69) is 65.4 Å². The van der Waals surface area contributed by atoms with E-state index >= 15 is 28.8 Å². The van der Waals surface area contributed by atoms with Gasteiger partial charge in [-0.15, -0.1) is 0 Å². The van der Waals surface area contributed by atoms with Crippen LogP contribution in [0.3, 0.4) is 0 Å². The van der Waals surface area contributed by atoms with Crippen LogP contribution in [0.25, 0.3) is 11.1 Å². The van der Waals surface area contributed by atoms with Crippen molar-refractivity contribution in [2.24, 2.45) is 29.6 Å². The van der Waals surface area contributed by atoms with E-state index in [1.165, 1.54) is 31.3 Å². The molecule has 618 valence electrons. The van der Waals surface area contributed by atoms with Crippen LogP contribution in [0.4, 0.5) is 4.79 Å². The zero-order valence-electron chi connectivity index (χ0n) is 63.7. The molecule has 14 unspecified atom stereocenters. The Balaban J connectivity index is 1.05. The van der Waals surface area contributed by atoms with Crippen LogP contribution in [-0.2, 0) is 47.9 Å². The molecule has 1 saturated heterocycles. The summed E-state index contributed by atoms with van der Waals surface area (Å²) in [7, 11) is 1.48. The number of amides is 11. The van der Waals surface area contributed by atoms with Crippen LogP contribution in [0.15, 0.2) is 78.9 Å². The lowest BCUT2D eigenvalue weighted by molar-refractivity contribution is -0.271. The molecule has 11 amide bonds. The molecule has 33 nitrogen and oxygen atoms in total. The number of benzene rings is 5. The maximum atomic E-state index is 16.4. The molecule has 15 rings (SSSR count). The number of unbranched alkanes of at least 4 members (excludes halogenated alkanes) is 5. The second-order valence-electron chi connectivity index (χ2n) is 31.2. The number of fused-ring (bicyclic) bond motifs is 15. The number of phenolic OH excluding ortho intramolecular Hbond substituents is 3. The van der Waals surface area contributed by atoms with Crippen LogP contribution in [0.1, 0.15) is 169 Å². The normalized spacial score (nSPS) is 27.9. The maximum Gasteiger partial charge on any atom is 0.321 e. The van der Waals surface area contributed by atoms with Gasteiger partial charge < -0.3 is 113 Å². The number of rotatable bonds is 20. The average Bonchev–Trinajstić information content (AvgIpc) is 0.740. The molecule has 6 aliphatic heterocycles. The summed E-state index contributed by atoms with van der Waals surface area (Å²) < 4.78 is 25.8. The molecule has 15 bridgehead atoms. The standard InChI is InChI=1S/C80H97Cl2N11O22/c1-6-7-8-9-10-11-18-84-80(111)87-58(98)32-50-73(105)89-62-43-28-55(112-53-16-13-39(26-47(53)81)66(99)64(77(109)86-50)92-72(104)49(83-5)19-34(2)3)71(115-79-70(103)69(102)68(101)57(114-79)33-85-35(4)94)56(29-43)113-54-17-14-40(27-48(54)82)67(100)65-78(110)91-63(76(108)88-60-41-21-36-20-37(23-41)24-42(60)22-36)46-30-44(95)31-52(97)59(46)45-25-38(12-15-51(45)96)61(74(106)93-65)90-75(62)107/h12-17,25-31,34,36-37,41-42,49-50,57,60-70,79,83,95-97,99-103H,6-11,18-24,32-33H2,1-5H3,(H,85,94)(H,86,109)(H,88,108)(H,89,105)(H,90,107)(H,91,110)(H,92,104)(H,93,106)(H2,84,87,98,111). The molecule has 19 N–H and O–H groups in total. The Morgan fingerprint density at radius 2 is 1.22 bits per heavy atom. The van der Waals surface area contributed by atoms with Crippen molar-refractivity contribution in [3.63, 3.8) is 0 Å². The van der Waals surface area contributed by atoms with Crippen molar-refractivity contribution in [2.75, 3.05) is 20.1 Å². The fourth-order valence-corrected chi connectivity index (χ4v) is 17.2. The zero-order chi connectivity index (χ0) is 82.5. The van der Waals surface area contributed by atoms with Gasteiger partial charge in [0.25, 0.3) is 0 Å². The van der Waals surface area contributed by atoms with Gasteiger partial charge in [0, 0.05) is 43.2 Å². The minimum atomic E-state index is -2.37. The molecule has 5 aromatic rings. The molecule has 35 heteroatoms. The minimum Gasteiger partial charge on any atom is -0.508 e. The summed E-state index contributed by atoms with van der Waals surface area (Å²) in [5, 5.41) is 123. The van der Waals surface area contributed by atoms with Crippen LogP contribution < -0.4 is 72.7 Å².